The predicted molar refractivity (Wildman–Crippen MR) is 99.2 cm³/mol. The van der Waals surface area contributed by atoms with Crippen LogP contribution >= 0.6 is 0 Å². The van der Waals surface area contributed by atoms with Gasteiger partial charge in [0.15, 0.2) is 0 Å². The largest absolute Gasteiger partial charge is 0.445 e. The minimum atomic E-state index is -0.657. The number of hydrogen-bond donors (Lipinski definition) is 2. The average Bonchev–Trinajstić information content (AvgIpc) is 3.12. The van der Waals surface area contributed by atoms with Gasteiger partial charge < -0.3 is 14.9 Å². The number of nitrogens with one attached hydrogen (secondary N) is 1. The van der Waals surface area contributed by atoms with Gasteiger partial charge in [-0.15, -0.1) is 0 Å². The molecule has 26 heavy (non-hydrogen) atoms. The van der Waals surface area contributed by atoms with Crippen LogP contribution in [-0.2, 0) is 4.79 Å². The van der Waals surface area contributed by atoms with E-state index < -0.39 is 6.92 Å². The molecular weight excluding hydrogens is 329 g/mol. The van der Waals surface area contributed by atoms with Gasteiger partial charge in [0, 0.05) is 48.1 Å². The van der Waals surface area contributed by atoms with Crippen molar-refractivity contribution in [1.82, 2.24) is 14.9 Å². The third kappa shape index (κ3) is 2.69. The lowest BCUT2D eigenvalue weighted by atomic mass is 9.57. The molecule has 2 N–H and O–H groups in total. The van der Waals surface area contributed by atoms with Crippen molar-refractivity contribution < 1.29 is 9.82 Å². The standard InChI is InChI=1S/C18H20BN5O2/c1-11-4-7-24(15(25)2-5-20)9-13(11)17-16-12-3-6-21-18(12)22-8-14(16)19(26)10-23-17/h3,6,8,11,13,26H,2,4,7,9-10H2,1H3,(H,21,22)/t11-,13?/m1/s1. The molecule has 7 nitrogen and oxygen atoms in total. The first-order chi connectivity index (χ1) is 12.6. The summed E-state index contributed by atoms with van der Waals surface area (Å²) >= 11 is 0. The first-order valence-corrected chi connectivity index (χ1v) is 8.93. The summed E-state index contributed by atoms with van der Waals surface area (Å²) < 4.78 is 0. The van der Waals surface area contributed by atoms with Crippen molar-refractivity contribution in [3.63, 3.8) is 0 Å². The normalized spacial score (nSPS) is 22.7. The van der Waals surface area contributed by atoms with E-state index in [2.05, 4.69) is 16.9 Å². The Bertz CT molecular complexity index is 931. The van der Waals surface area contributed by atoms with Crippen LogP contribution in [0.5, 0.6) is 0 Å². The fourth-order valence-electron chi connectivity index (χ4n) is 4.06. The highest BCUT2D eigenvalue weighted by Gasteiger charge is 2.37. The number of piperidine rings is 1. The van der Waals surface area contributed by atoms with Crippen molar-refractivity contribution in [1.29, 1.82) is 5.26 Å². The molecule has 0 spiro atoms. The Hall–Kier alpha value is -2.66. The molecule has 8 heteroatoms. The molecule has 2 aliphatic rings. The molecule has 2 aliphatic heterocycles. The maximum atomic E-state index is 12.2. The third-order valence-corrected chi connectivity index (χ3v) is 5.56. The van der Waals surface area contributed by atoms with E-state index in [0.717, 1.165) is 34.2 Å². The van der Waals surface area contributed by atoms with Gasteiger partial charge in [-0.2, -0.15) is 5.26 Å². The number of pyridine rings is 1. The quantitative estimate of drug-likeness (QED) is 0.770. The Morgan fingerprint density at radius 2 is 2.42 bits per heavy atom. The van der Waals surface area contributed by atoms with Gasteiger partial charge in [-0.05, 0) is 23.9 Å². The predicted octanol–water partition coefficient (Wildman–Crippen LogP) is 0.494. The summed E-state index contributed by atoms with van der Waals surface area (Å²) in [4.78, 5) is 26.2. The van der Waals surface area contributed by atoms with Crippen LogP contribution in [0.4, 0.5) is 0 Å². The number of hydrogen-bond acceptors (Lipinski definition) is 5. The minimum Gasteiger partial charge on any atom is -0.445 e. The fraction of sp³-hybridized carbons (Fsp3) is 0.444. The number of amides is 1. The second kappa shape index (κ2) is 6.58. The van der Waals surface area contributed by atoms with Gasteiger partial charge in [-0.1, -0.05) is 6.92 Å². The maximum Gasteiger partial charge on any atom is 0.348 e. The van der Waals surface area contributed by atoms with Gasteiger partial charge in [0.25, 0.3) is 0 Å². The van der Waals surface area contributed by atoms with Crippen molar-refractivity contribution in [2.24, 2.45) is 16.8 Å². The number of rotatable bonds is 2. The number of aromatic amines is 1. The molecule has 0 radical (unpaired) electrons. The second-order valence-corrected chi connectivity index (χ2v) is 7.12. The van der Waals surface area contributed by atoms with Crippen LogP contribution in [-0.4, -0.2) is 58.0 Å². The molecule has 0 saturated carbocycles. The number of aliphatic imine (C=N–C) groups is 1. The average molecular weight is 349 g/mol. The lowest BCUT2D eigenvalue weighted by molar-refractivity contribution is -0.132. The number of aromatic nitrogens is 2. The lowest BCUT2D eigenvalue weighted by Gasteiger charge is -2.39. The molecule has 132 valence electrons. The molecule has 1 saturated heterocycles. The van der Waals surface area contributed by atoms with Crippen LogP contribution in [0.15, 0.2) is 23.5 Å². The first kappa shape index (κ1) is 16.8. The van der Waals surface area contributed by atoms with E-state index in [-0.39, 0.29) is 18.2 Å². The molecule has 2 atom stereocenters. The monoisotopic (exact) mass is 349 g/mol. The van der Waals surface area contributed by atoms with Gasteiger partial charge in [-0.25, -0.2) is 4.98 Å². The summed E-state index contributed by atoms with van der Waals surface area (Å²) in [5.74, 6) is 0.325. The van der Waals surface area contributed by atoms with E-state index in [1.165, 1.54) is 0 Å². The van der Waals surface area contributed by atoms with Crippen LogP contribution in [0.2, 0.25) is 0 Å². The number of carbonyl (C=O) groups excluding carboxylic acids is 1. The Morgan fingerprint density at radius 3 is 3.23 bits per heavy atom. The van der Waals surface area contributed by atoms with Gasteiger partial charge in [0.1, 0.15) is 12.1 Å². The van der Waals surface area contributed by atoms with Crippen LogP contribution in [0.3, 0.4) is 0 Å². The number of likely N-dealkylation sites (tertiary alicyclic amines) is 1. The Labute approximate surface area is 151 Å². The summed E-state index contributed by atoms with van der Waals surface area (Å²) in [6.45, 7) is 2.76. The second-order valence-electron chi connectivity index (χ2n) is 7.12. The highest BCUT2D eigenvalue weighted by atomic mass is 16.2. The van der Waals surface area contributed by atoms with Gasteiger partial charge in [-0.3, -0.25) is 9.79 Å². The SMILES string of the molecule is C[C@@H]1CCN(C(=O)CC#N)CC1C1=NCB(O)c2cnc3[nH]ccc3c21. The fourth-order valence-corrected chi connectivity index (χ4v) is 4.06. The molecule has 0 aliphatic carbocycles. The van der Waals surface area contributed by atoms with E-state index in [1.807, 2.05) is 18.3 Å². The molecule has 1 unspecified atom stereocenters. The van der Waals surface area contributed by atoms with E-state index in [0.29, 0.717) is 25.5 Å². The van der Waals surface area contributed by atoms with E-state index in [4.69, 9.17) is 10.3 Å². The lowest BCUT2D eigenvalue weighted by Crippen LogP contribution is -2.50. The zero-order valence-electron chi connectivity index (χ0n) is 14.6. The van der Waals surface area contributed by atoms with Crippen molar-refractivity contribution in [3.05, 3.63) is 24.0 Å². The summed E-state index contributed by atoms with van der Waals surface area (Å²) in [6.07, 6.45) is 4.66. The number of carbonyl (C=O) groups is 1. The van der Waals surface area contributed by atoms with E-state index >= 15 is 0 Å². The van der Waals surface area contributed by atoms with E-state index in [1.54, 1.807) is 11.1 Å². The zero-order valence-corrected chi connectivity index (χ0v) is 14.6. The Morgan fingerprint density at radius 1 is 1.58 bits per heavy atom. The molecule has 2 aromatic heterocycles. The van der Waals surface area contributed by atoms with Crippen molar-refractivity contribution in [2.75, 3.05) is 19.5 Å². The van der Waals surface area contributed by atoms with Gasteiger partial charge in [0.05, 0.1) is 12.5 Å². The summed E-state index contributed by atoms with van der Waals surface area (Å²) in [7, 11) is 0. The van der Waals surface area contributed by atoms with E-state index in [9.17, 15) is 9.82 Å². The number of H-pyrrole nitrogens is 1. The molecular formula is C18H20BN5O2. The number of nitriles is 1. The Kier molecular flexibility index (Phi) is 4.25. The maximum absolute atomic E-state index is 12.2. The Balaban J connectivity index is 1.75. The van der Waals surface area contributed by atoms with Crippen LogP contribution in [0.1, 0.15) is 25.3 Å². The van der Waals surface area contributed by atoms with Crippen LogP contribution < -0.4 is 5.46 Å². The molecule has 0 aromatic carbocycles. The molecule has 0 bridgehead atoms. The summed E-state index contributed by atoms with van der Waals surface area (Å²) in [5, 5.41) is 20.2. The molecule has 4 rings (SSSR count). The molecule has 2 aromatic rings. The smallest absolute Gasteiger partial charge is 0.348 e. The van der Waals surface area contributed by atoms with Crippen LogP contribution in [0, 0.1) is 23.2 Å². The van der Waals surface area contributed by atoms with Crippen molar-refractivity contribution in [2.45, 2.75) is 19.8 Å². The van der Waals surface area contributed by atoms with Gasteiger partial charge in [0.2, 0.25) is 5.91 Å². The zero-order chi connectivity index (χ0) is 18.3. The van der Waals surface area contributed by atoms with Crippen molar-refractivity contribution >= 4 is 35.0 Å². The van der Waals surface area contributed by atoms with Gasteiger partial charge >= 0.3 is 6.92 Å². The minimum absolute atomic E-state index is 0.0816. The highest BCUT2D eigenvalue weighted by Crippen LogP contribution is 2.30. The first-order valence-electron chi connectivity index (χ1n) is 8.93. The molecule has 1 amide bonds. The van der Waals surface area contributed by atoms with Crippen molar-refractivity contribution in [3.8, 4) is 6.07 Å². The molecule has 1 fully saturated rings. The number of fused-ring (bicyclic) bond motifs is 3. The topological polar surface area (TPSA) is 105 Å². The molecule has 4 heterocycles. The highest BCUT2D eigenvalue weighted by molar-refractivity contribution is 6.69. The van der Waals surface area contributed by atoms with Crippen LogP contribution in [0.25, 0.3) is 11.0 Å². The third-order valence-electron chi connectivity index (χ3n) is 5.56. The summed E-state index contributed by atoms with van der Waals surface area (Å²) in [6, 6.07) is 3.90. The summed E-state index contributed by atoms with van der Waals surface area (Å²) in [5.41, 5.74) is 3.46. The number of nitrogens with zero attached hydrogens (tertiary/aromatic N) is 4.